The molecule has 13 heteroatoms. The van der Waals surface area contributed by atoms with E-state index < -0.39 is 53.8 Å². The summed E-state index contributed by atoms with van der Waals surface area (Å²) in [6.07, 6.45) is 4.03. The first-order valence-electron chi connectivity index (χ1n) is 11.6. The average Bonchev–Trinajstić information content (AvgIpc) is 3.47. The molecule has 0 radical (unpaired) electrons. The zero-order chi connectivity index (χ0) is 26.1. The number of carboxylic acids is 1. The normalized spacial score (nSPS) is 18.1. The van der Waals surface area contributed by atoms with Crippen LogP contribution in [-0.4, -0.2) is 80.3 Å². The fourth-order valence-electron chi connectivity index (χ4n) is 4.01. The molecule has 1 aliphatic heterocycles. The van der Waals surface area contributed by atoms with Crippen molar-refractivity contribution in [3.63, 3.8) is 0 Å². The number of H-pyrrole nitrogens is 1. The van der Waals surface area contributed by atoms with Crippen LogP contribution in [0, 0.1) is 5.92 Å². The number of hydrogen-bond donors (Lipinski definition) is 6. The topological polar surface area (TPSA) is 214 Å². The lowest BCUT2D eigenvalue weighted by atomic mass is 10.0. The lowest BCUT2D eigenvalue weighted by Gasteiger charge is -2.30. The number of carbonyl (C=O) groups excluding carboxylic acids is 4. The molecule has 1 aliphatic rings. The first-order valence-corrected chi connectivity index (χ1v) is 11.6. The number of nitrogens with two attached hydrogens (primary N) is 2. The van der Waals surface area contributed by atoms with Crippen LogP contribution in [0.15, 0.2) is 12.5 Å². The summed E-state index contributed by atoms with van der Waals surface area (Å²) < 4.78 is 0. The summed E-state index contributed by atoms with van der Waals surface area (Å²) in [7, 11) is 0. The molecule has 0 bridgehead atoms. The van der Waals surface area contributed by atoms with Crippen LogP contribution in [-0.2, 0) is 30.4 Å². The first kappa shape index (κ1) is 27.8. The van der Waals surface area contributed by atoms with Crippen molar-refractivity contribution in [2.75, 3.05) is 6.54 Å². The highest BCUT2D eigenvalue weighted by atomic mass is 16.4. The Balaban J connectivity index is 2.11. The zero-order valence-electron chi connectivity index (χ0n) is 20.0. The van der Waals surface area contributed by atoms with Gasteiger partial charge in [-0.1, -0.05) is 13.8 Å². The minimum atomic E-state index is -1.15. The molecule has 0 aromatic carbocycles. The predicted octanol–water partition coefficient (Wildman–Crippen LogP) is -1.36. The van der Waals surface area contributed by atoms with E-state index in [1.54, 1.807) is 0 Å². The number of nitrogens with zero attached hydrogens (tertiary/aromatic N) is 2. The van der Waals surface area contributed by atoms with Gasteiger partial charge in [0.05, 0.1) is 12.4 Å². The molecule has 0 saturated carbocycles. The van der Waals surface area contributed by atoms with Gasteiger partial charge in [0, 0.05) is 31.3 Å². The largest absolute Gasteiger partial charge is 0.480 e. The van der Waals surface area contributed by atoms with Crippen molar-refractivity contribution in [1.82, 2.24) is 25.5 Å². The second kappa shape index (κ2) is 12.8. The summed E-state index contributed by atoms with van der Waals surface area (Å²) in [5, 5.41) is 14.5. The summed E-state index contributed by atoms with van der Waals surface area (Å²) in [5.74, 6) is -3.49. The molecule has 1 aromatic rings. The molecule has 194 valence electrons. The molecule has 2 rings (SSSR count). The van der Waals surface area contributed by atoms with Crippen LogP contribution in [0.3, 0.4) is 0 Å². The molecule has 4 atom stereocenters. The number of primary amides is 1. The molecular weight excluding hydrogens is 458 g/mol. The number of aromatic amines is 1. The lowest BCUT2D eigenvalue weighted by molar-refractivity contribution is -0.145. The number of nitrogens with one attached hydrogen (secondary N) is 3. The van der Waals surface area contributed by atoms with Crippen molar-refractivity contribution in [2.24, 2.45) is 17.4 Å². The molecule has 2 heterocycles. The van der Waals surface area contributed by atoms with Crippen molar-refractivity contribution in [3.05, 3.63) is 18.2 Å². The quantitative estimate of drug-likeness (QED) is 0.192. The fraction of sp³-hybridized carbons (Fsp3) is 0.636. The zero-order valence-corrected chi connectivity index (χ0v) is 20.0. The van der Waals surface area contributed by atoms with Gasteiger partial charge < -0.3 is 37.1 Å². The molecule has 0 spiro atoms. The van der Waals surface area contributed by atoms with E-state index in [0.29, 0.717) is 18.5 Å². The monoisotopic (exact) mass is 493 g/mol. The van der Waals surface area contributed by atoms with Gasteiger partial charge in [0.1, 0.15) is 18.1 Å². The van der Waals surface area contributed by atoms with E-state index in [0.717, 1.165) is 0 Å². The fourth-order valence-corrected chi connectivity index (χ4v) is 4.01. The summed E-state index contributed by atoms with van der Waals surface area (Å²) >= 11 is 0. The maximum absolute atomic E-state index is 13.4. The van der Waals surface area contributed by atoms with Gasteiger partial charge in [-0.25, -0.2) is 9.78 Å². The first-order chi connectivity index (χ1) is 16.5. The van der Waals surface area contributed by atoms with Gasteiger partial charge in [0.15, 0.2) is 0 Å². The van der Waals surface area contributed by atoms with Gasteiger partial charge in [0.25, 0.3) is 0 Å². The van der Waals surface area contributed by atoms with Crippen LogP contribution in [0.2, 0.25) is 0 Å². The highest BCUT2D eigenvalue weighted by Gasteiger charge is 2.39. The number of rotatable bonds is 13. The minimum absolute atomic E-state index is 0.0390. The van der Waals surface area contributed by atoms with E-state index in [9.17, 15) is 29.1 Å². The van der Waals surface area contributed by atoms with Gasteiger partial charge in [-0.15, -0.1) is 0 Å². The van der Waals surface area contributed by atoms with Gasteiger partial charge in [0.2, 0.25) is 23.6 Å². The molecular formula is C22H35N7O6. The Kier molecular flexibility index (Phi) is 10.2. The summed E-state index contributed by atoms with van der Waals surface area (Å²) in [5.41, 5.74) is 11.8. The van der Waals surface area contributed by atoms with Crippen LogP contribution in [0.1, 0.15) is 51.6 Å². The second-order valence-electron chi connectivity index (χ2n) is 9.17. The molecule has 4 unspecified atom stereocenters. The summed E-state index contributed by atoms with van der Waals surface area (Å²) in [4.78, 5) is 69.9. The van der Waals surface area contributed by atoms with E-state index >= 15 is 0 Å². The van der Waals surface area contributed by atoms with E-state index in [4.69, 9.17) is 11.5 Å². The average molecular weight is 494 g/mol. The van der Waals surface area contributed by atoms with Gasteiger partial charge in [-0.3, -0.25) is 19.2 Å². The van der Waals surface area contributed by atoms with Crippen LogP contribution in [0.4, 0.5) is 0 Å². The number of amides is 4. The van der Waals surface area contributed by atoms with Crippen molar-refractivity contribution in [3.8, 4) is 0 Å². The number of hydrogen-bond acceptors (Lipinski definition) is 7. The van der Waals surface area contributed by atoms with Gasteiger partial charge >= 0.3 is 5.97 Å². The molecule has 35 heavy (non-hydrogen) atoms. The molecule has 8 N–H and O–H groups in total. The number of carboxylic acid groups (broad SMARTS) is 1. The van der Waals surface area contributed by atoms with E-state index in [2.05, 4.69) is 20.6 Å². The Morgan fingerprint density at radius 1 is 1.23 bits per heavy atom. The predicted molar refractivity (Wildman–Crippen MR) is 124 cm³/mol. The lowest BCUT2D eigenvalue weighted by Crippen LogP contribution is -2.57. The number of imidazole rings is 1. The standard InChI is InChI=1S/C22H35N7O6/c1-12(2)8-16(22(34)35)28-20(32)17-4-3-7-29(17)21(33)15(5-6-18(24)30)27-19(31)14(23)9-13-10-25-11-26-13/h10-12,14-17H,3-9,23H2,1-2H3,(H2,24,30)(H,25,26)(H,27,31)(H,28,32)(H,34,35). The third kappa shape index (κ3) is 8.35. The molecule has 0 aliphatic carbocycles. The Hall–Kier alpha value is -3.48. The minimum Gasteiger partial charge on any atom is -0.480 e. The summed E-state index contributed by atoms with van der Waals surface area (Å²) in [6, 6.07) is -4.07. The highest BCUT2D eigenvalue weighted by Crippen LogP contribution is 2.20. The molecule has 1 aromatic heterocycles. The highest BCUT2D eigenvalue weighted by molar-refractivity contribution is 5.94. The molecule has 4 amide bonds. The molecule has 13 nitrogen and oxygen atoms in total. The summed E-state index contributed by atoms with van der Waals surface area (Å²) in [6.45, 7) is 3.94. The Bertz CT molecular complexity index is 904. The SMILES string of the molecule is CC(C)CC(NC(=O)C1CCCN1C(=O)C(CCC(N)=O)NC(=O)C(N)Cc1cnc[nH]1)C(=O)O. The Morgan fingerprint density at radius 2 is 1.94 bits per heavy atom. The number of likely N-dealkylation sites (tertiary alicyclic amines) is 1. The van der Waals surface area contributed by atoms with E-state index in [1.807, 2.05) is 13.8 Å². The van der Waals surface area contributed by atoms with Crippen molar-refractivity contribution >= 4 is 29.6 Å². The molecule has 1 fully saturated rings. The van der Waals surface area contributed by atoms with E-state index in [1.165, 1.54) is 17.4 Å². The molecule has 1 saturated heterocycles. The Morgan fingerprint density at radius 3 is 2.51 bits per heavy atom. The van der Waals surface area contributed by atoms with Crippen LogP contribution in [0.25, 0.3) is 0 Å². The van der Waals surface area contributed by atoms with Crippen LogP contribution in [0.5, 0.6) is 0 Å². The van der Waals surface area contributed by atoms with Gasteiger partial charge in [-0.05, 0) is 31.6 Å². The third-order valence-electron chi connectivity index (χ3n) is 5.79. The maximum atomic E-state index is 13.4. The van der Waals surface area contributed by atoms with E-state index in [-0.39, 0.29) is 38.1 Å². The van der Waals surface area contributed by atoms with Crippen LogP contribution < -0.4 is 22.1 Å². The smallest absolute Gasteiger partial charge is 0.326 e. The third-order valence-corrected chi connectivity index (χ3v) is 5.79. The number of carbonyl (C=O) groups is 5. The number of aliphatic carboxylic acids is 1. The van der Waals surface area contributed by atoms with Gasteiger partial charge in [-0.2, -0.15) is 0 Å². The van der Waals surface area contributed by atoms with Crippen molar-refractivity contribution in [1.29, 1.82) is 0 Å². The maximum Gasteiger partial charge on any atom is 0.326 e. The van der Waals surface area contributed by atoms with Crippen molar-refractivity contribution in [2.45, 2.75) is 76.5 Å². The second-order valence-corrected chi connectivity index (χ2v) is 9.17. The van der Waals surface area contributed by atoms with Crippen molar-refractivity contribution < 1.29 is 29.1 Å². The van der Waals surface area contributed by atoms with Crippen LogP contribution >= 0.6 is 0 Å². The number of aromatic nitrogens is 2. The Labute approximate surface area is 203 Å².